The molecule has 0 saturated heterocycles. The Morgan fingerprint density at radius 3 is 2.32 bits per heavy atom. The normalized spacial score (nSPS) is 11.3. The van der Waals surface area contributed by atoms with E-state index in [1.807, 2.05) is 0 Å². The molecule has 0 spiro atoms. The number of hydrogen-bond acceptors (Lipinski definition) is 3. The number of ether oxygens (including phenoxy) is 1. The smallest absolute Gasteiger partial charge is 0.238 e. The van der Waals surface area contributed by atoms with E-state index in [2.05, 4.69) is 0 Å². The van der Waals surface area contributed by atoms with Gasteiger partial charge in [-0.2, -0.15) is 0 Å². The highest BCUT2D eigenvalue weighted by Gasteiger charge is 2.10. The summed E-state index contributed by atoms with van der Waals surface area (Å²) in [6.07, 6.45) is 0. The molecule has 2 aromatic rings. The summed E-state index contributed by atoms with van der Waals surface area (Å²) in [6.45, 7) is 0. The van der Waals surface area contributed by atoms with E-state index in [1.165, 1.54) is 36.4 Å². The molecule has 7 heteroatoms. The molecule has 0 amide bonds. The summed E-state index contributed by atoms with van der Waals surface area (Å²) < 4.78 is 41.0. The molecule has 0 atom stereocenters. The second-order valence-electron chi connectivity index (χ2n) is 3.67. The highest BCUT2D eigenvalue weighted by Crippen LogP contribution is 2.29. The molecule has 0 bridgehead atoms. The van der Waals surface area contributed by atoms with E-state index in [1.54, 1.807) is 6.07 Å². The molecule has 0 heterocycles. The summed E-state index contributed by atoms with van der Waals surface area (Å²) in [6, 6.07) is 9.64. The van der Waals surface area contributed by atoms with Gasteiger partial charge in [-0.25, -0.2) is 17.9 Å². The fraction of sp³-hybridized carbons (Fsp3) is 0. The van der Waals surface area contributed by atoms with Crippen LogP contribution in [-0.4, -0.2) is 8.42 Å². The molecule has 0 radical (unpaired) electrons. The molecule has 2 rings (SSSR count). The van der Waals surface area contributed by atoms with E-state index in [-0.39, 0.29) is 21.4 Å². The third-order valence-electron chi connectivity index (χ3n) is 2.30. The van der Waals surface area contributed by atoms with Crippen LogP contribution in [0, 0.1) is 5.82 Å². The van der Waals surface area contributed by atoms with Gasteiger partial charge in [-0.15, -0.1) is 0 Å². The Morgan fingerprint density at radius 2 is 1.74 bits per heavy atom. The molecule has 0 aliphatic heterocycles. The summed E-state index contributed by atoms with van der Waals surface area (Å²) in [5.74, 6) is -0.455. The number of nitrogens with two attached hydrogens (primary N) is 1. The lowest BCUT2D eigenvalue weighted by molar-refractivity contribution is 0.442. The van der Waals surface area contributed by atoms with Crippen LogP contribution >= 0.6 is 11.6 Å². The van der Waals surface area contributed by atoms with E-state index < -0.39 is 15.8 Å². The van der Waals surface area contributed by atoms with Crippen molar-refractivity contribution in [1.82, 2.24) is 0 Å². The molecule has 100 valence electrons. The van der Waals surface area contributed by atoms with Gasteiger partial charge in [-0.05, 0) is 36.4 Å². The lowest BCUT2D eigenvalue weighted by Gasteiger charge is -2.07. The first-order valence-corrected chi connectivity index (χ1v) is 7.05. The van der Waals surface area contributed by atoms with Gasteiger partial charge in [0.05, 0.1) is 9.92 Å². The lowest BCUT2D eigenvalue weighted by atomic mass is 10.3. The van der Waals surface area contributed by atoms with Crippen molar-refractivity contribution in [3.05, 3.63) is 53.3 Å². The Hall–Kier alpha value is -1.63. The molecule has 0 saturated carbocycles. The van der Waals surface area contributed by atoms with Crippen molar-refractivity contribution < 1.29 is 17.5 Å². The van der Waals surface area contributed by atoms with Crippen LogP contribution in [0.1, 0.15) is 0 Å². The van der Waals surface area contributed by atoms with Crippen molar-refractivity contribution in [1.29, 1.82) is 0 Å². The first-order chi connectivity index (χ1) is 8.88. The maximum Gasteiger partial charge on any atom is 0.238 e. The number of hydrogen-bond donors (Lipinski definition) is 1. The highest BCUT2D eigenvalue weighted by atomic mass is 35.5. The largest absolute Gasteiger partial charge is 0.454 e. The van der Waals surface area contributed by atoms with E-state index in [4.69, 9.17) is 21.5 Å². The number of primary sulfonamides is 1. The zero-order valence-electron chi connectivity index (χ0n) is 9.51. The van der Waals surface area contributed by atoms with Crippen LogP contribution in [0.5, 0.6) is 11.5 Å². The molecule has 0 aromatic heterocycles. The number of benzene rings is 2. The van der Waals surface area contributed by atoms with Gasteiger partial charge in [0.1, 0.15) is 5.75 Å². The van der Waals surface area contributed by atoms with Crippen LogP contribution < -0.4 is 9.88 Å². The lowest BCUT2D eigenvalue weighted by Crippen LogP contribution is -2.11. The number of sulfonamides is 1. The number of halogens is 2. The Balaban J connectivity index is 2.27. The van der Waals surface area contributed by atoms with Crippen molar-refractivity contribution in [2.24, 2.45) is 5.14 Å². The van der Waals surface area contributed by atoms with Gasteiger partial charge in [0.2, 0.25) is 10.0 Å². The van der Waals surface area contributed by atoms with E-state index in [0.717, 1.165) is 0 Å². The summed E-state index contributed by atoms with van der Waals surface area (Å²) >= 11 is 5.61. The van der Waals surface area contributed by atoms with Gasteiger partial charge >= 0.3 is 0 Å². The van der Waals surface area contributed by atoms with Crippen molar-refractivity contribution in [2.45, 2.75) is 4.90 Å². The molecular weight excluding hydrogens is 293 g/mol. The average molecular weight is 302 g/mol. The van der Waals surface area contributed by atoms with Crippen molar-refractivity contribution >= 4 is 21.6 Å². The van der Waals surface area contributed by atoms with Gasteiger partial charge in [0.25, 0.3) is 0 Å². The van der Waals surface area contributed by atoms with Crippen LogP contribution in [0.4, 0.5) is 4.39 Å². The second kappa shape index (κ2) is 5.16. The Bertz CT molecular complexity index is 701. The zero-order valence-corrected chi connectivity index (χ0v) is 11.1. The molecule has 4 nitrogen and oxygen atoms in total. The van der Waals surface area contributed by atoms with Crippen LogP contribution in [0.25, 0.3) is 0 Å². The molecule has 19 heavy (non-hydrogen) atoms. The van der Waals surface area contributed by atoms with Crippen LogP contribution in [-0.2, 0) is 10.0 Å². The average Bonchev–Trinajstić information content (AvgIpc) is 2.35. The standard InChI is InChI=1S/C12H9ClFNO3S/c13-10-2-1-3-11(12(10)14)18-8-4-6-9(7-5-8)19(15,16)17/h1-7H,(H2,15,16,17). The molecular formula is C12H9ClFNO3S. The molecule has 2 N–H and O–H groups in total. The Kier molecular flexibility index (Phi) is 3.75. The van der Waals surface area contributed by atoms with Crippen LogP contribution in [0.2, 0.25) is 5.02 Å². The van der Waals surface area contributed by atoms with Crippen molar-refractivity contribution in [3.63, 3.8) is 0 Å². The molecule has 0 aliphatic rings. The van der Waals surface area contributed by atoms with E-state index in [0.29, 0.717) is 0 Å². The SMILES string of the molecule is NS(=O)(=O)c1ccc(Oc2cccc(Cl)c2F)cc1. The molecule has 0 unspecified atom stereocenters. The van der Waals surface area contributed by atoms with Crippen LogP contribution in [0.3, 0.4) is 0 Å². The summed E-state index contributed by atoms with van der Waals surface area (Å²) in [5, 5.41) is 4.90. The first-order valence-electron chi connectivity index (χ1n) is 5.12. The Morgan fingerprint density at radius 1 is 1.11 bits per heavy atom. The van der Waals surface area contributed by atoms with Gasteiger partial charge in [-0.3, -0.25) is 0 Å². The van der Waals surface area contributed by atoms with E-state index >= 15 is 0 Å². The fourth-order valence-electron chi connectivity index (χ4n) is 1.39. The first kappa shape index (κ1) is 13.8. The second-order valence-corrected chi connectivity index (χ2v) is 5.64. The minimum Gasteiger partial charge on any atom is -0.454 e. The maximum atomic E-state index is 13.6. The van der Waals surface area contributed by atoms with Gasteiger partial charge in [0, 0.05) is 0 Å². The number of rotatable bonds is 3. The monoisotopic (exact) mass is 301 g/mol. The molecule has 2 aromatic carbocycles. The molecule has 0 aliphatic carbocycles. The zero-order chi connectivity index (χ0) is 14.0. The summed E-state index contributed by atoms with van der Waals surface area (Å²) in [4.78, 5) is -0.0496. The van der Waals surface area contributed by atoms with Gasteiger partial charge in [0.15, 0.2) is 11.6 Å². The summed E-state index contributed by atoms with van der Waals surface area (Å²) in [7, 11) is -3.76. The third-order valence-corrected chi connectivity index (χ3v) is 3.52. The summed E-state index contributed by atoms with van der Waals surface area (Å²) in [5.41, 5.74) is 0. The van der Waals surface area contributed by atoms with Crippen molar-refractivity contribution in [3.8, 4) is 11.5 Å². The van der Waals surface area contributed by atoms with Crippen molar-refractivity contribution in [2.75, 3.05) is 0 Å². The minimum atomic E-state index is -3.76. The predicted molar refractivity (Wildman–Crippen MR) is 69.3 cm³/mol. The predicted octanol–water partition coefficient (Wildman–Crippen LogP) is 2.92. The van der Waals surface area contributed by atoms with Gasteiger partial charge < -0.3 is 4.74 Å². The van der Waals surface area contributed by atoms with E-state index in [9.17, 15) is 12.8 Å². The third kappa shape index (κ3) is 3.23. The highest BCUT2D eigenvalue weighted by molar-refractivity contribution is 7.89. The Labute approximate surface area is 114 Å². The molecule has 0 fully saturated rings. The van der Waals surface area contributed by atoms with Gasteiger partial charge in [-0.1, -0.05) is 17.7 Å². The topological polar surface area (TPSA) is 69.4 Å². The van der Waals surface area contributed by atoms with Crippen LogP contribution in [0.15, 0.2) is 47.4 Å². The minimum absolute atomic E-state index is 0.0455. The quantitative estimate of drug-likeness (QED) is 0.947. The maximum absolute atomic E-state index is 13.6. The fourth-order valence-corrected chi connectivity index (χ4v) is 2.07.